The zero-order chi connectivity index (χ0) is 34.6. The summed E-state index contributed by atoms with van der Waals surface area (Å²) in [5, 5.41) is 0. The van der Waals surface area contributed by atoms with Crippen molar-refractivity contribution >= 4 is 5.97 Å². The van der Waals surface area contributed by atoms with E-state index in [0.29, 0.717) is 42.7 Å². The van der Waals surface area contributed by atoms with Crippen molar-refractivity contribution in [3.63, 3.8) is 0 Å². The molecule has 0 amide bonds. The number of hydrogen-bond acceptors (Lipinski definition) is 3. The van der Waals surface area contributed by atoms with Crippen molar-refractivity contribution in [2.45, 2.75) is 76.4 Å². The summed E-state index contributed by atoms with van der Waals surface area (Å²) in [7, 11) is 0. The van der Waals surface area contributed by atoms with Gasteiger partial charge in [-0.15, -0.1) is 0 Å². The minimum absolute atomic E-state index is 0.116. The van der Waals surface area contributed by atoms with Crippen LogP contribution in [-0.2, 0) is 17.3 Å². The van der Waals surface area contributed by atoms with Crippen molar-refractivity contribution in [3.05, 3.63) is 124 Å². The van der Waals surface area contributed by atoms with Crippen LogP contribution in [0.2, 0.25) is 0 Å². The Bertz CT molecular complexity index is 1720. The van der Waals surface area contributed by atoms with Gasteiger partial charge in [0.25, 0.3) is 0 Å². The number of carbonyl (C=O) groups excluding carboxylic acids is 1. The third-order valence-electron chi connectivity index (χ3n) is 8.53. The summed E-state index contributed by atoms with van der Waals surface area (Å²) in [5.74, 6) is -10.5. The third-order valence-corrected chi connectivity index (χ3v) is 8.53. The van der Waals surface area contributed by atoms with E-state index in [1.54, 1.807) is 18.2 Å². The van der Waals surface area contributed by atoms with Gasteiger partial charge in [-0.1, -0.05) is 44.0 Å². The molecule has 0 radical (unpaired) electrons. The first-order valence-corrected chi connectivity index (χ1v) is 15.7. The lowest BCUT2D eigenvalue weighted by Crippen LogP contribution is -2.25. The maximum atomic E-state index is 14.9. The first kappa shape index (κ1) is 34.9. The van der Waals surface area contributed by atoms with Gasteiger partial charge in [0, 0.05) is 17.7 Å². The van der Waals surface area contributed by atoms with Crippen LogP contribution in [0.5, 0.6) is 5.75 Å². The van der Waals surface area contributed by atoms with Crippen LogP contribution in [-0.4, -0.2) is 12.1 Å². The molecule has 0 saturated heterocycles. The van der Waals surface area contributed by atoms with Crippen LogP contribution in [0, 0.1) is 34.9 Å². The average molecular weight is 677 g/mol. The summed E-state index contributed by atoms with van der Waals surface area (Å²) >= 11 is 0. The number of hydrogen-bond donors (Lipinski definition) is 0. The standard InChI is InChI=1S/C37H32F8O3/c1-2-3-4-5-21-6-11-25(12-7-21)37(44,45)48-27-19-30(39)34(31(40)20-27)36(46)47-26-13-8-22(9-14-26)23-10-15-28(29(38)16-23)24-17-32(41)35(43)33(42)18-24/h6-7,10-12,15-20,22,26H,2-5,8-9,13-14H2,1H3. The van der Waals surface area contributed by atoms with Gasteiger partial charge in [-0.05, 0) is 91.5 Å². The summed E-state index contributed by atoms with van der Waals surface area (Å²) in [6, 6.07) is 12.0. The Morgan fingerprint density at radius 2 is 1.38 bits per heavy atom. The topological polar surface area (TPSA) is 35.5 Å². The molecular formula is C37H32F8O3. The molecule has 1 saturated carbocycles. The van der Waals surface area contributed by atoms with Gasteiger partial charge >= 0.3 is 12.1 Å². The molecule has 1 fully saturated rings. The molecule has 5 rings (SSSR count). The largest absolute Gasteiger partial charge is 0.459 e. The van der Waals surface area contributed by atoms with Gasteiger partial charge < -0.3 is 9.47 Å². The number of ether oxygens (including phenoxy) is 2. The zero-order valence-corrected chi connectivity index (χ0v) is 25.9. The highest BCUT2D eigenvalue weighted by Crippen LogP contribution is 2.38. The lowest BCUT2D eigenvalue weighted by molar-refractivity contribution is -0.185. The summed E-state index contributed by atoms with van der Waals surface area (Å²) < 4.78 is 125. The molecule has 0 aliphatic heterocycles. The molecule has 0 heterocycles. The number of unbranched alkanes of at least 4 members (excludes halogenated alkanes) is 2. The molecule has 3 nitrogen and oxygen atoms in total. The molecule has 1 aliphatic carbocycles. The van der Waals surface area contributed by atoms with Crippen LogP contribution in [0.4, 0.5) is 35.1 Å². The zero-order valence-electron chi connectivity index (χ0n) is 25.9. The average Bonchev–Trinajstić information content (AvgIpc) is 3.03. The Kier molecular flexibility index (Phi) is 10.8. The fourth-order valence-electron chi connectivity index (χ4n) is 5.91. The summed E-state index contributed by atoms with van der Waals surface area (Å²) in [6.07, 6.45) is 0.472. The van der Waals surface area contributed by atoms with Crippen LogP contribution in [0.1, 0.15) is 84.8 Å². The maximum absolute atomic E-state index is 14.9. The van der Waals surface area contributed by atoms with E-state index in [0.717, 1.165) is 31.2 Å². The van der Waals surface area contributed by atoms with Crippen molar-refractivity contribution in [1.29, 1.82) is 0 Å². The molecule has 0 spiro atoms. The van der Waals surface area contributed by atoms with E-state index in [2.05, 4.69) is 11.7 Å². The van der Waals surface area contributed by atoms with Crippen LogP contribution in [0.3, 0.4) is 0 Å². The SMILES string of the molecule is CCCCCc1ccc(C(F)(F)Oc2cc(F)c(C(=O)OC3CCC(c4ccc(-c5cc(F)c(F)c(F)c5)c(F)c4)CC3)c(F)c2)cc1. The Morgan fingerprint density at radius 3 is 1.96 bits per heavy atom. The van der Waals surface area contributed by atoms with E-state index < -0.39 is 70.0 Å². The van der Waals surface area contributed by atoms with E-state index in [1.165, 1.54) is 24.3 Å². The van der Waals surface area contributed by atoms with Gasteiger partial charge in [-0.2, -0.15) is 8.78 Å². The summed E-state index contributed by atoms with van der Waals surface area (Å²) in [5.41, 5.74) is -0.372. The number of aryl methyl sites for hydroxylation is 1. The van der Waals surface area contributed by atoms with Crippen molar-refractivity contribution in [3.8, 4) is 16.9 Å². The van der Waals surface area contributed by atoms with E-state index in [9.17, 15) is 39.9 Å². The number of esters is 1. The molecular weight excluding hydrogens is 644 g/mol. The molecule has 254 valence electrons. The molecule has 4 aromatic rings. The van der Waals surface area contributed by atoms with Crippen LogP contribution < -0.4 is 4.74 Å². The number of halogens is 8. The quantitative estimate of drug-likeness (QED) is 0.0687. The van der Waals surface area contributed by atoms with Gasteiger partial charge in [0.2, 0.25) is 0 Å². The second kappa shape index (κ2) is 14.8. The molecule has 1 aliphatic rings. The lowest BCUT2D eigenvalue weighted by Gasteiger charge is -2.29. The predicted molar refractivity (Wildman–Crippen MR) is 163 cm³/mol. The van der Waals surface area contributed by atoms with Crippen molar-refractivity contribution in [2.24, 2.45) is 0 Å². The number of rotatable bonds is 11. The molecule has 0 aromatic heterocycles. The molecule has 11 heteroatoms. The molecule has 0 atom stereocenters. The van der Waals surface area contributed by atoms with Gasteiger partial charge in [0.1, 0.15) is 34.9 Å². The first-order chi connectivity index (χ1) is 22.9. The minimum Gasteiger partial charge on any atom is -0.459 e. The van der Waals surface area contributed by atoms with Crippen molar-refractivity contribution < 1.29 is 49.4 Å². The lowest BCUT2D eigenvalue weighted by atomic mass is 9.82. The minimum atomic E-state index is -3.90. The summed E-state index contributed by atoms with van der Waals surface area (Å²) in [6.45, 7) is 2.06. The highest BCUT2D eigenvalue weighted by Gasteiger charge is 2.36. The second-order valence-electron chi connectivity index (χ2n) is 11.9. The Labute approximate surface area is 272 Å². The second-order valence-corrected chi connectivity index (χ2v) is 11.9. The van der Waals surface area contributed by atoms with E-state index >= 15 is 0 Å². The van der Waals surface area contributed by atoms with Crippen LogP contribution >= 0.6 is 0 Å². The highest BCUT2D eigenvalue weighted by atomic mass is 19.3. The van der Waals surface area contributed by atoms with Gasteiger partial charge in [-0.25, -0.2) is 31.1 Å². The van der Waals surface area contributed by atoms with Crippen molar-refractivity contribution in [1.82, 2.24) is 0 Å². The molecule has 0 bridgehead atoms. The predicted octanol–water partition coefficient (Wildman–Crippen LogP) is 10.9. The Morgan fingerprint density at radius 1 is 0.750 bits per heavy atom. The highest BCUT2D eigenvalue weighted by molar-refractivity contribution is 5.90. The van der Waals surface area contributed by atoms with Gasteiger partial charge in [0.05, 0.1) is 5.56 Å². The molecule has 48 heavy (non-hydrogen) atoms. The summed E-state index contributed by atoms with van der Waals surface area (Å²) in [4.78, 5) is 12.7. The van der Waals surface area contributed by atoms with Gasteiger partial charge in [0.15, 0.2) is 17.5 Å². The van der Waals surface area contributed by atoms with E-state index in [-0.39, 0.29) is 29.9 Å². The van der Waals surface area contributed by atoms with E-state index in [4.69, 9.17) is 4.74 Å². The number of alkyl halides is 2. The number of benzene rings is 4. The van der Waals surface area contributed by atoms with Crippen LogP contribution in [0.15, 0.2) is 66.7 Å². The van der Waals surface area contributed by atoms with E-state index in [1.807, 2.05) is 0 Å². The molecule has 0 N–H and O–H groups in total. The third kappa shape index (κ3) is 7.99. The molecule has 4 aromatic carbocycles. The number of carbonyl (C=O) groups is 1. The normalized spacial score (nSPS) is 16.5. The Hall–Kier alpha value is -4.41. The van der Waals surface area contributed by atoms with Gasteiger partial charge in [-0.3, -0.25) is 0 Å². The Balaban J connectivity index is 1.18. The maximum Gasteiger partial charge on any atom is 0.426 e. The first-order valence-electron chi connectivity index (χ1n) is 15.7. The smallest absolute Gasteiger partial charge is 0.426 e. The monoisotopic (exact) mass is 676 g/mol. The fourth-order valence-corrected chi connectivity index (χ4v) is 5.91. The fraction of sp³-hybridized carbons (Fsp3) is 0.324. The molecule has 0 unspecified atom stereocenters. The van der Waals surface area contributed by atoms with Crippen LogP contribution in [0.25, 0.3) is 11.1 Å². The van der Waals surface area contributed by atoms with Crippen molar-refractivity contribution in [2.75, 3.05) is 0 Å².